The minimum absolute atomic E-state index is 0.286. The number of hydrogen-bond acceptors (Lipinski definition) is 4. The first kappa shape index (κ1) is 49.6. The van der Waals surface area contributed by atoms with Crippen LogP contribution in [-0.4, -0.2) is 41.9 Å². The number of allylic oxidation sites excluding steroid dienone is 5. The van der Waals surface area contributed by atoms with Gasteiger partial charge in [0.1, 0.15) is 0 Å². The molecule has 6 nitrogen and oxygen atoms in total. The maximum atomic E-state index is 12.5. The Morgan fingerprint density at radius 1 is 0.510 bits per heavy atom. The summed E-state index contributed by atoms with van der Waals surface area (Å²) < 4.78 is 32.5. The Labute approximate surface area is 316 Å². The fraction of sp³-hybridized carbons (Fsp3) is 0.841. The number of aliphatic hydroxyl groups excluding tert-OH is 1. The Morgan fingerprint density at radius 3 is 1.24 bits per heavy atom. The van der Waals surface area contributed by atoms with Gasteiger partial charge in [-0.25, -0.2) is 0 Å². The topological polar surface area (TPSA) is 104 Å². The van der Waals surface area contributed by atoms with Crippen molar-refractivity contribution in [2.24, 2.45) is 0 Å². The van der Waals surface area contributed by atoms with Gasteiger partial charge in [0.05, 0.1) is 17.9 Å². The molecule has 0 aromatic rings. The summed E-state index contributed by atoms with van der Waals surface area (Å²) in [6.07, 6.45) is 49.9. The number of aliphatic hydroxyl groups is 1. The molecular formula is C44H83NO5S. The van der Waals surface area contributed by atoms with Crippen LogP contribution in [0.1, 0.15) is 219 Å². The Kier molecular flexibility index (Phi) is 37.2. The summed E-state index contributed by atoms with van der Waals surface area (Å²) in [6, 6.07) is -1.07. The van der Waals surface area contributed by atoms with Crippen LogP contribution in [0.25, 0.3) is 0 Å². The van der Waals surface area contributed by atoms with Crippen LogP contribution in [0.2, 0.25) is 0 Å². The molecule has 0 bridgehead atoms. The predicted octanol–water partition coefficient (Wildman–Crippen LogP) is 12.9. The lowest BCUT2D eigenvalue weighted by Crippen LogP contribution is -2.46. The van der Waals surface area contributed by atoms with Gasteiger partial charge in [-0.3, -0.25) is 9.35 Å². The van der Waals surface area contributed by atoms with E-state index in [-0.39, 0.29) is 12.3 Å². The summed E-state index contributed by atoms with van der Waals surface area (Å²) in [5.74, 6) is -0.999. The third-order valence-corrected chi connectivity index (χ3v) is 10.6. The predicted molar refractivity (Wildman–Crippen MR) is 221 cm³/mol. The summed E-state index contributed by atoms with van der Waals surface area (Å²) >= 11 is 0. The molecule has 2 unspecified atom stereocenters. The molecule has 0 rings (SSSR count). The minimum Gasteiger partial charge on any atom is -0.387 e. The van der Waals surface area contributed by atoms with E-state index in [2.05, 4.69) is 43.5 Å². The van der Waals surface area contributed by atoms with Crippen molar-refractivity contribution in [2.75, 3.05) is 5.75 Å². The fourth-order valence-corrected chi connectivity index (χ4v) is 7.25. The summed E-state index contributed by atoms with van der Waals surface area (Å²) in [5, 5.41) is 13.2. The second kappa shape index (κ2) is 38.3. The number of carbonyl (C=O) groups is 1. The molecule has 7 heteroatoms. The highest BCUT2D eigenvalue weighted by Gasteiger charge is 2.24. The highest BCUT2D eigenvalue weighted by Crippen LogP contribution is 2.14. The summed E-state index contributed by atoms with van der Waals surface area (Å²) in [7, 11) is -4.35. The second-order valence-corrected chi connectivity index (χ2v) is 16.5. The normalized spacial score (nSPS) is 13.6. The van der Waals surface area contributed by atoms with E-state index in [1.165, 1.54) is 167 Å². The lowest BCUT2D eigenvalue weighted by molar-refractivity contribution is -0.122. The van der Waals surface area contributed by atoms with E-state index in [1.807, 2.05) is 6.08 Å². The van der Waals surface area contributed by atoms with Crippen LogP contribution in [0, 0.1) is 0 Å². The molecule has 300 valence electrons. The third-order valence-electron chi connectivity index (χ3n) is 9.79. The van der Waals surface area contributed by atoms with E-state index in [0.717, 1.165) is 32.1 Å². The molecule has 0 fully saturated rings. The Balaban J connectivity index is 3.90. The van der Waals surface area contributed by atoms with Gasteiger partial charge >= 0.3 is 0 Å². The molecule has 0 aliphatic rings. The summed E-state index contributed by atoms with van der Waals surface area (Å²) in [6.45, 7) is 4.52. The number of amides is 1. The maximum absolute atomic E-state index is 12.5. The van der Waals surface area contributed by atoms with E-state index >= 15 is 0 Å². The van der Waals surface area contributed by atoms with E-state index < -0.39 is 28.0 Å². The molecule has 0 radical (unpaired) electrons. The zero-order valence-electron chi connectivity index (χ0n) is 33.5. The summed E-state index contributed by atoms with van der Waals surface area (Å²) in [4.78, 5) is 12.5. The van der Waals surface area contributed by atoms with Crippen LogP contribution in [0.3, 0.4) is 0 Å². The number of nitrogens with one attached hydrogen (secondary N) is 1. The molecule has 0 aromatic carbocycles. The van der Waals surface area contributed by atoms with Gasteiger partial charge in [-0.2, -0.15) is 8.42 Å². The van der Waals surface area contributed by atoms with Crippen LogP contribution < -0.4 is 5.32 Å². The molecule has 1 amide bonds. The molecule has 2 atom stereocenters. The first-order valence-electron chi connectivity index (χ1n) is 21.7. The van der Waals surface area contributed by atoms with Crippen LogP contribution in [-0.2, 0) is 14.9 Å². The highest BCUT2D eigenvalue weighted by atomic mass is 32.2. The molecule has 0 spiro atoms. The van der Waals surface area contributed by atoms with E-state index in [9.17, 15) is 22.9 Å². The minimum atomic E-state index is -4.35. The largest absolute Gasteiger partial charge is 0.387 e. The van der Waals surface area contributed by atoms with Gasteiger partial charge < -0.3 is 10.4 Å². The number of hydrogen-bond donors (Lipinski definition) is 3. The van der Waals surface area contributed by atoms with Crippen molar-refractivity contribution in [3.8, 4) is 0 Å². The number of rotatable bonds is 39. The van der Waals surface area contributed by atoms with Gasteiger partial charge in [-0.15, -0.1) is 0 Å². The average molecular weight is 738 g/mol. The highest BCUT2D eigenvalue weighted by molar-refractivity contribution is 7.85. The Bertz CT molecular complexity index is 945. The van der Waals surface area contributed by atoms with Crippen molar-refractivity contribution >= 4 is 16.0 Å². The number of unbranched alkanes of at least 4 members (excludes halogenated alkanes) is 27. The van der Waals surface area contributed by atoms with Crippen molar-refractivity contribution in [2.45, 2.75) is 231 Å². The van der Waals surface area contributed by atoms with Gasteiger partial charge in [0.2, 0.25) is 5.91 Å². The zero-order valence-corrected chi connectivity index (χ0v) is 34.3. The lowest BCUT2D eigenvalue weighted by Gasteiger charge is -2.21. The van der Waals surface area contributed by atoms with Crippen molar-refractivity contribution in [1.29, 1.82) is 0 Å². The van der Waals surface area contributed by atoms with Gasteiger partial charge in [0.15, 0.2) is 0 Å². The average Bonchev–Trinajstić information content (AvgIpc) is 3.09. The first-order chi connectivity index (χ1) is 24.8. The first-order valence-corrected chi connectivity index (χ1v) is 23.3. The molecule has 0 aliphatic carbocycles. The monoisotopic (exact) mass is 738 g/mol. The van der Waals surface area contributed by atoms with Crippen LogP contribution in [0.15, 0.2) is 36.5 Å². The van der Waals surface area contributed by atoms with Crippen molar-refractivity contribution in [3.63, 3.8) is 0 Å². The molecule has 0 aromatic heterocycles. The molecule has 51 heavy (non-hydrogen) atoms. The Hall–Kier alpha value is -1.44. The van der Waals surface area contributed by atoms with Gasteiger partial charge in [-0.05, 0) is 57.8 Å². The van der Waals surface area contributed by atoms with Crippen LogP contribution in [0.4, 0.5) is 0 Å². The zero-order chi connectivity index (χ0) is 37.5. The number of carbonyl (C=O) groups excluding carboxylic acids is 1. The molecule has 0 saturated carbocycles. The molecular weight excluding hydrogens is 655 g/mol. The van der Waals surface area contributed by atoms with E-state index in [4.69, 9.17) is 0 Å². The van der Waals surface area contributed by atoms with Crippen LogP contribution >= 0.6 is 0 Å². The SMILES string of the molecule is CCCCCCCCCC/C=C\CCCCCCCCCCCC(=O)NC(CS(=O)(=O)O)C(O)/C=C/CC/C=C/CCCCCCCCCCC. The standard InChI is InChI=1S/C44H83NO5S/c1-3-5-7-9-11-13-15-17-19-20-21-22-23-24-26-28-30-32-34-36-38-40-44(47)45-42(41-51(48,49)50)43(46)39-37-35-33-31-29-27-25-18-16-14-12-10-8-6-4-2/h20-21,29,31,37,39,42-43,46H,3-19,22-28,30,32-36,38,40-41H2,1-2H3,(H,45,47)(H,48,49,50)/b21-20-,31-29+,39-37+. The van der Waals surface area contributed by atoms with Gasteiger partial charge in [0, 0.05) is 6.42 Å². The van der Waals surface area contributed by atoms with Crippen molar-refractivity contribution < 1.29 is 22.9 Å². The fourth-order valence-electron chi connectivity index (χ4n) is 6.52. The molecule has 0 saturated heterocycles. The lowest BCUT2D eigenvalue weighted by atomic mass is 10.0. The second-order valence-electron chi connectivity index (χ2n) is 15.0. The smallest absolute Gasteiger partial charge is 0.267 e. The van der Waals surface area contributed by atoms with Gasteiger partial charge in [0.25, 0.3) is 10.1 Å². The quantitative estimate of drug-likeness (QED) is 0.0331. The molecule has 0 aliphatic heterocycles. The van der Waals surface area contributed by atoms with Crippen LogP contribution in [0.5, 0.6) is 0 Å². The van der Waals surface area contributed by atoms with Crippen molar-refractivity contribution in [1.82, 2.24) is 5.32 Å². The molecule has 3 N–H and O–H groups in total. The van der Waals surface area contributed by atoms with E-state index in [0.29, 0.717) is 6.42 Å². The van der Waals surface area contributed by atoms with E-state index in [1.54, 1.807) is 0 Å². The molecule has 0 heterocycles. The summed E-state index contributed by atoms with van der Waals surface area (Å²) in [5.41, 5.74) is 0. The maximum Gasteiger partial charge on any atom is 0.267 e. The van der Waals surface area contributed by atoms with Gasteiger partial charge in [-0.1, -0.05) is 192 Å². The Morgan fingerprint density at radius 2 is 0.843 bits per heavy atom. The third kappa shape index (κ3) is 39.6. The van der Waals surface area contributed by atoms with Crippen molar-refractivity contribution in [3.05, 3.63) is 36.5 Å².